The zero-order chi connectivity index (χ0) is 22.9. The Morgan fingerprint density at radius 1 is 1.03 bits per heavy atom. The number of rotatable bonds is 5. The number of nitrogens with zero attached hydrogens (tertiary/aromatic N) is 7. The number of nitrogens with two attached hydrogens (primary N) is 1. The fourth-order valence-corrected chi connectivity index (χ4v) is 4.75. The Labute approximate surface area is 194 Å². The number of hydrogen-bond acceptors (Lipinski definition) is 8. The second-order valence-electron chi connectivity index (χ2n) is 9.11. The lowest BCUT2D eigenvalue weighted by atomic mass is 9.92. The zero-order valence-electron chi connectivity index (χ0n) is 19.4. The molecular formula is C24H32N8O. The standard InChI is InChI=1S/C24H32N8O/c1-17-11-18-3-4-19(21-14-26-31(15-21)9-10-33)12-20(18)16-32(17)23-13-22(27-24(25)28-23)30-7-5-29(2)6-8-30/h3-4,12-15,17,33H,5-11,16H2,1-2H3,(H2,25,27,28). The Hall–Kier alpha value is -3.17. The molecule has 2 aromatic heterocycles. The minimum Gasteiger partial charge on any atom is -0.394 e. The molecule has 3 aromatic rings. The van der Waals surface area contributed by atoms with Crippen LogP contribution in [0.4, 0.5) is 17.6 Å². The predicted octanol–water partition coefficient (Wildman–Crippen LogP) is 1.62. The molecule has 33 heavy (non-hydrogen) atoms. The van der Waals surface area contributed by atoms with Crippen molar-refractivity contribution < 1.29 is 5.11 Å². The molecule has 0 radical (unpaired) electrons. The molecule has 2 aliphatic heterocycles. The molecule has 0 spiro atoms. The van der Waals surface area contributed by atoms with Gasteiger partial charge in [0.05, 0.1) is 19.3 Å². The molecular weight excluding hydrogens is 416 g/mol. The molecule has 0 bridgehead atoms. The van der Waals surface area contributed by atoms with Crippen molar-refractivity contribution in [3.05, 3.63) is 47.8 Å². The maximum absolute atomic E-state index is 9.16. The number of aliphatic hydroxyl groups excluding tert-OH is 1. The van der Waals surface area contributed by atoms with Gasteiger partial charge in [-0.15, -0.1) is 0 Å². The fourth-order valence-electron chi connectivity index (χ4n) is 4.75. The van der Waals surface area contributed by atoms with Crippen LogP contribution in [0.5, 0.6) is 0 Å². The van der Waals surface area contributed by atoms with Gasteiger partial charge in [0.2, 0.25) is 5.95 Å². The highest BCUT2D eigenvalue weighted by atomic mass is 16.3. The van der Waals surface area contributed by atoms with Gasteiger partial charge >= 0.3 is 0 Å². The number of aromatic nitrogens is 4. The number of hydrogen-bond donors (Lipinski definition) is 2. The summed E-state index contributed by atoms with van der Waals surface area (Å²) in [5.74, 6) is 2.12. The third kappa shape index (κ3) is 4.51. The van der Waals surface area contributed by atoms with Crippen LogP contribution in [0.3, 0.4) is 0 Å². The number of anilines is 3. The molecule has 1 atom stereocenters. The second-order valence-corrected chi connectivity index (χ2v) is 9.11. The first-order valence-corrected chi connectivity index (χ1v) is 11.6. The molecule has 1 saturated heterocycles. The lowest BCUT2D eigenvalue weighted by molar-refractivity contribution is 0.269. The van der Waals surface area contributed by atoms with Crippen LogP contribution in [0.1, 0.15) is 18.1 Å². The normalized spacial score (nSPS) is 19.1. The van der Waals surface area contributed by atoms with E-state index in [0.717, 1.165) is 61.9 Å². The van der Waals surface area contributed by atoms with Crippen LogP contribution in [-0.4, -0.2) is 75.6 Å². The molecule has 0 aliphatic carbocycles. The van der Waals surface area contributed by atoms with Crippen molar-refractivity contribution in [2.24, 2.45) is 0 Å². The van der Waals surface area contributed by atoms with E-state index < -0.39 is 0 Å². The highest BCUT2D eigenvalue weighted by Crippen LogP contribution is 2.32. The van der Waals surface area contributed by atoms with Crippen LogP contribution in [-0.2, 0) is 19.5 Å². The zero-order valence-corrected chi connectivity index (χ0v) is 19.4. The summed E-state index contributed by atoms with van der Waals surface area (Å²) in [7, 11) is 2.15. The molecule has 2 aliphatic rings. The second kappa shape index (κ2) is 8.99. The van der Waals surface area contributed by atoms with Crippen molar-refractivity contribution in [1.82, 2.24) is 24.6 Å². The van der Waals surface area contributed by atoms with Crippen LogP contribution >= 0.6 is 0 Å². The predicted molar refractivity (Wildman–Crippen MR) is 130 cm³/mol. The van der Waals surface area contributed by atoms with Crippen molar-refractivity contribution in [1.29, 1.82) is 0 Å². The molecule has 174 valence electrons. The molecule has 9 nitrogen and oxygen atoms in total. The first-order valence-electron chi connectivity index (χ1n) is 11.6. The quantitative estimate of drug-likeness (QED) is 0.608. The van der Waals surface area contributed by atoms with Gasteiger partial charge in [-0.05, 0) is 43.1 Å². The molecule has 3 N–H and O–H groups in total. The summed E-state index contributed by atoms with van der Waals surface area (Å²) in [6, 6.07) is 9.04. The monoisotopic (exact) mass is 448 g/mol. The molecule has 5 rings (SSSR count). The van der Waals surface area contributed by atoms with Gasteiger partial charge in [0.25, 0.3) is 0 Å². The van der Waals surface area contributed by atoms with Gasteiger partial charge in [-0.1, -0.05) is 12.1 Å². The number of nitrogen functional groups attached to an aromatic ring is 1. The largest absolute Gasteiger partial charge is 0.394 e. The highest BCUT2D eigenvalue weighted by molar-refractivity contribution is 5.65. The minimum absolute atomic E-state index is 0.0797. The van der Waals surface area contributed by atoms with Gasteiger partial charge < -0.3 is 25.5 Å². The Bertz CT molecular complexity index is 1120. The maximum atomic E-state index is 9.16. The van der Waals surface area contributed by atoms with Gasteiger partial charge in [0.15, 0.2) is 0 Å². The van der Waals surface area contributed by atoms with Crippen LogP contribution in [0.15, 0.2) is 36.7 Å². The SMILES string of the molecule is CC1Cc2ccc(-c3cnn(CCO)c3)cc2CN1c1cc(N2CCN(C)CC2)nc(N)n1. The number of piperazine rings is 1. The van der Waals surface area contributed by atoms with E-state index in [-0.39, 0.29) is 6.61 Å². The van der Waals surface area contributed by atoms with Crippen molar-refractivity contribution in [2.45, 2.75) is 32.5 Å². The summed E-state index contributed by atoms with van der Waals surface area (Å²) in [4.78, 5) is 16.1. The molecule has 4 heterocycles. The van der Waals surface area contributed by atoms with Crippen molar-refractivity contribution in [3.8, 4) is 11.1 Å². The van der Waals surface area contributed by atoms with Crippen molar-refractivity contribution >= 4 is 17.6 Å². The minimum atomic E-state index is 0.0797. The van der Waals surface area contributed by atoms with Gasteiger partial charge in [0.1, 0.15) is 11.6 Å². The maximum Gasteiger partial charge on any atom is 0.223 e. The van der Waals surface area contributed by atoms with Crippen LogP contribution in [0.25, 0.3) is 11.1 Å². The van der Waals surface area contributed by atoms with Gasteiger partial charge in [-0.2, -0.15) is 15.1 Å². The van der Waals surface area contributed by atoms with Gasteiger partial charge in [-0.3, -0.25) is 4.68 Å². The average Bonchev–Trinajstić information content (AvgIpc) is 3.27. The Morgan fingerprint density at radius 2 is 1.82 bits per heavy atom. The van der Waals surface area contributed by atoms with Crippen molar-refractivity contribution in [2.75, 3.05) is 55.4 Å². The highest BCUT2D eigenvalue weighted by Gasteiger charge is 2.26. The Kier molecular flexibility index (Phi) is 5.90. The van der Waals surface area contributed by atoms with E-state index >= 15 is 0 Å². The topological polar surface area (TPSA) is 99.6 Å². The van der Waals surface area contributed by atoms with Gasteiger partial charge in [-0.25, -0.2) is 0 Å². The Balaban J connectivity index is 1.41. The van der Waals surface area contributed by atoms with E-state index in [1.165, 1.54) is 11.1 Å². The first-order chi connectivity index (χ1) is 16.0. The van der Waals surface area contributed by atoms with Crippen molar-refractivity contribution in [3.63, 3.8) is 0 Å². The Morgan fingerprint density at radius 3 is 2.61 bits per heavy atom. The van der Waals surface area contributed by atoms with E-state index in [1.807, 2.05) is 12.4 Å². The number of fused-ring (bicyclic) bond motifs is 1. The number of likely N-dealkylation sites (N-methyl/N-ethyl adjacent to an activating group) is 1. The molecule has 0 amide bonds. The van der Waals surface area contributed by atoms with E-state index in [9.17, 15) is 0 Å². The lowest BCUT2D eigenvalue weighted by Crippen LogP contribution is -2.45. The van der Waals surface area contributed by atoms with E-state index in [2.05, 4.69) is 68.0 Å². The third-order valence-corrected chi connectivity index (χ3v) is 6.73. The van der Waals surface area contributed by atoms with E-state index in [4.69, 9.17) is 10.8 Å². The van der Waals surface area contributed by atoms with E-state index in [0.29, 0.717) is 18.5 Å². The van der Waals surface area contributed by atoms with Gasteiger partial charge in [0, 0.05) is 56.6 Å². The lowest BCUT2D eigenvalue weighted by Gasteiger charge is -2.37. The average molecular weight is 449 g/mol. The summed E-state index contributed by atoms with van der Waals surface area (Å²) in [5.41, 5.74) is 11.0. The first kappa shape index (κ1) is 21.7. The summed E-state index contributed by atoms with van der Waals surface area (Å²) in [5, 5.41) is 13.5. The molecule has 1 fully saturated rings. The summed E-state index contributed by atoms with van der Waals surface area (Å²) >= 11 is 0. The fraction of sp³-hybridized carbons (Fsp3) is 0.458. The summed E-state index contributed by atoms with van der Waals surface area (Å²) in [6.07, 6.45) is 4.79. The molecule has 9 heteroatoms. The molecule has 1 unspecified atom stereocenters. The summed E-state index contributed by atoms with van der Waals surface area (Å²) in [6.45, 7) is 7.51. The van der Waals surface area contributed by atoms with Crippen LogP contribution in [0.2, 0.25) is 0 Å². The summed E-state index contributed by atoms with van der Waals surface area (Å²) < 4.78 is 1.77. The molecule has 0 saturated carbocycles. The number of benzene rings is 1. The number of aliphatic hydroxyl groups is 1. The molecule has 1 aromatic carbocycles. The van der Waals surface area contributed by atoms with Crippen LogP contribution in [0, 0.1) is 0 Å². The third-order valence-electron chi connectivity index (χ3n) is 6.73. The van der Waals surface area contributed by atoms with E-state index in [1.54, 1.807) is 4.68 Å². The van der Waals surface area contributed by atoms with Crippen LogP contribution < -0.4 is 15.5 Å². The smallest absolute Gasteiger partial charge is 0.223 e.